The van der Waals surface area contributed by atoms with E-state index in [4.69, 9.17) is 5.84 Å². The van der Waals surface area contributed by atoms with Crippen molar-refractivity contribution in [3.8, 4) is 0 Å². The van der Waals surface area contributed by atoms with Crippen molar-refractivity contribution in [2.45, 2.75) is 58.4 Å². The van der Waals surface area contributed by atoms with Gasteiger partial charge in [-0.1, -0.05) is 27.2 Å². The Morgan fingerprint density at radius 1 is 1.42 bits per heavy atom. The van der Waals surface area contributed by atoms with Crippen LogP contribution in [0.15, 0.2) is 6.33 Å². The molecule has 106 valence electrons. The van der Waals surface area contributed by atoms with Crippen LogP contribution in [-0.4, -0.2) is 22.6 Å². The Bertz CT molecular complexity index is 414. The number of aromatic nitrogens is 2. The standard InChI is InChI=1S/C14H25N5/c1-4-5-8-19(11-6-7-11)14-12(10(2)3)13(18-15)16-9-17-14/h9-11H,4-8,15H2,1-3H3,(H,16,17,18). The highest BCUT2D eigenvalue weighted by Gasteiger charge is 2.32. The average Bonchev–Trinajstić information content (AvgIpc) is 3.23. The van der Waals surface area contributed by atoms with Gasteiger partial charge in [-0.3, -0.25) is 0 Å². The summed E-state index contributed by atoms with van der Waals surface area (Å²) in [6, 6.07) is 0.657. The van der Waals surface area contributed by atoms with E-state index >= 15 is 0 Å². The Kier molecular flexibility index (Phi) is 4.58. The Hall–Kier alpha value is -1.36. The van der Waals surface area contributed by atoms with Gasteiger partial charge in [-0.15, -0.1) is 0 Å². The van der Waals surface area contributed by atoms with Gasteiger partial charge in [0.05, 0.1) is 0 Å². The third kappa shape index (κ3) is 3.15. The maximum absolute atomic E-state index is 5.59. The summed E-state index contributed by atoms with van der Waals surface area (Å²) in [6.45, 7) is 7.62. The van der Waals surface area contributed by atoms with Crippen LogP contribution < -0.4 is 16.2 Å². The lowest BCUT2D eigenvalue weighted by Crippen LogP contribution is -2.30. The van der Waals surface area contributed by atoms with Crippen LogP contribution in [0.4, 0.5) is 11.6 Å². The zero-order chi connectivity index (χ0) is 13.8. The zero-order valence-corrected chi connectivity index (χ0v) is 12.2. The van der Waals surface area contributed by atoms with Crippen LogP contribution in [-0.2, 0) is 0 Å². The molecule has 1 heterocycles. The number of nitrogens with two attached hydrogens (primary N) is 1. The van der Waals surface area contributed by atoms with Crippen LogP contribution >= 0.6 is 0 Å². The summed E-state index contributed by atoms with van der Waals surface area (Å²) in [5.41, 5.74) is 3.84. The van der Waals surface area contributed by atoms with E-state index in [1.807, 2.05) is 0 Å². The summed E-state index contributed by atoms with van der Waals surface area (Å²) in [4.78, 5) is 11.2. The summed E-state index contributed by atoms with van der Waals surface area (Å²) in [5, 5.41) is 0. The largest absolute Gasteiger partial charge is 0.353 e. The molecule has 1 aromatic rings. The fraction of sp³-hybridized carbons (Fsp3) is 0.714. The number of nitrogen functional groups attached to an aromatic ring is 1. The first kappa shape index (κ1) is 14.1. The highest BCUT2D eigenvalue weighted by Crippen LogP contribution is 2.37. The predicted octanol–water partition coefficient (Wildman–Crippen LogP) is 2.65. The maximum Gasteiger partial charge on any atom is 0.148 e. The number of nitrogens with zero attached hydrogens (tertiary/aromatic N) is 3. The van der Waals surface area contributed by atoms with Gasteiger partial charge in [0.2, 0.25) is 0 Å². The van der Waals surface area contributed by atoms with E-state index in [-0.39, 0.29) is 0 Å². The SMILES string of the molecule is CCCCN(c1ncnc(NN)c1C(C)C)C1CC1. The molecule has 1 fully saturated rings. The molecule has 0 aromatic carbocycles. The third-order valence-corrected chi connectivity index (χ3v) is 3.59. The normalized spacial score (nSPS) is 14.8. The summed E-state index contributed by atoms with van der Waals surface area (Å²) < 4.78 is 0. The van der Waals surface area contributed by atoms with Gasteiger partial charge >= 0.3 is 0 Å². The number of anilines is 2. The molecule has 0 atom stereocenters. The van der Waals surface area contributed by atoms with E-state index in [9.17, 15) is 0 Å². The number of nitrogens with one attached hydrogen (secondary N) is 1. The molecule has 3 N–H and O–H groups in total. The summed E-state index contributed by atoms with van der Waals surface area (Å²) in [5.74, 6) is 7.76. The quantitative estimate of drug-likeness (QED) is 0.585. The van der Waals surface area contributed by atoms with Crippen LogP contribution in [0.2, 0.25) is 0 Å². The minimum atomic E-state index is 0.352. The Labute approximate surface area is 115 Å². The first-order valence-corrected chi connectivity index (χ1v) is 7.27. The molecule has 5 heteroatoms. The van der Waals surface area contributed by atoms with Crippen molar-refractivity contribution >= 4 is 11.6 Å². The summed E-state index contributed by atoms with van der Waals surface area (Å²) >= 11 is 0. The van der Waals surface area contributed by atoms with Gasteiger partial charge in [-0.05, 0) is 25.2 Å². The van der Waals surface area contributed by atoms with Gasteiger partial charge < -0.3 is 10.3 Å². The van der Waals surface area contributed by atoms with E-state index in [0.29, 0.717) is 12.0 Å². The number of hydrogen-bond donors (Lipinski definition) is 2. The molecule has 0 saturated heterocycles. The first-order valence-electron chi connectivity index (χ1n) is 7.27. The Balaban J connectivity index is 2.34. The molecule has 1 aromatic heterocycles. The lowest BCUT2D eigenvalue weighted by atomic mass is 10.0. The molecule has 1 saturated carbocycles. The number of hydrogen-bond acceptors (Lipinski definition) is 5. The predicted molar refractivity (Wildman–Crippen MR) is 79.2 cm³/mol. The average molecular weight is 263 g/mol. The molecule has 0 bridgehead atoms. The fourth-order valence-electron chi connectivity index (χ4n) is 2.44. The van der Waals surface area contributed by atoms with Crippen molar-refractivity contribution in [3.63, 3.8) is 0 Å². The number of hydrazine groups is 1. The fourth-order valence-corrected chi connectivity index (χ4v) is 2.44. The van der Waals surface area contributed by atoms with Gasteiger partial charge in [0.15, 0.2) is 0 Å². The van der Waals surface area contributed by atoms with Crippen molar-refractivity contribution < 1.29 is 0 Å². The van der Waals surface area contributed by atoms with Crippen LogP contribution in [0.5, 0.6) is 0 Å². The molecule has 0 radical (unpaired) electrons. The molecule has 0 aliphatic heterocycles. The monoisotopic (exact) mass is 263 g/mol. The van der Waals surface area contributed by atoms with E-state index in [1.54, 1.807) is 6.33 Å². The van der Waals surface area contributed by atoms with Crippen molar-refractivity contribution in [1.29, 1.82) is 0 Å². The van der Waals surface area contributed by atoms with Crippen molar-refractivity contribution in [3.05, 3.63) is 11.9 Å². The topological polar surface area (TPSA) is 67.1 Å². The molecule has 1 aliphatic rings. The molecule has 19 heavy (non-hydrogen) atoms. The first-order chi connectivity index (χ1) is 9.19. The lowest BCUT2D eigenvalue weighted by Gasteiger charge is -2.27. The minimum absolute atomic E-state index is 0.352. The number of unbranched alkanes of at least 4 members (excludes halogenated alkanes) is 1. The van der Waals surface area contributed by atoms with Gasteiger partial charge in [0.25, 0.3) is 0 Å². The van der Waals surface area contributed by atoms with Crippen molar-refractivity contribution in [2.24, 2.45) is 5.84 Å². The third-order valence-electron chi connectivity index (χ3n) is 3.59. The van der Waals surface area contributed by atoms with Crippen LogP contribution in [0.3, 0.4) is 0 Å². The van der Waals surface area contributed by atoms with E-state index in [0.717, 1.165) is 23.7 Å². The van der Waals surface area contributed by atoms with Crippen LogP contribution in [0.25, 0.3) is 0 Å². The second-order valence-corrected chi connectivity index (χ2v) is 5.54. The Morgan fingerprint density at radius 2 is 2.16 bits per heavy atom. The van der Waals surface area contributed by atoms with Gasteiger partial charge in [-0.25, -0.2) is 15.8 Å². The smallest absolute Gasteiger partial charge is 0.148 e. The molecule has 0 amide bonds. The summed E-state index contributed by atoms with van der Waals surface area (Å²) in [6.07, 6.45) is 6.56. The number of rotatable bonds is 7. The van der Waals surface area contributed by atoms with E-state index in [1.165, 1.54) is 25.7 Å². The molecule has 0 spiro atoms. The van der Waals surface area contributed by atoms with Gasteiger partial charge in [0, 0.05) is 18.2 Å². The molecule has 1 aliphatic carbocycles. The maximum atomic E-state index is 5.59. The highest BCUT2D eigenvalue weighted by atomic mass is 15.3. The summed E-state index contributed by atoms with van der Waals surface area (Å²) in [7, 11) is 0. The molecular formula is C14H25N5. The van der Waals surface area contributed by atoms with Crippen LogP contribution in [0.1, 0.15) is 57.9 Å². The zero-order valence-electron chi connectivity index (χ0n) is 12.2. The van der Waals surface area contributed by atoms with E-state index < -0.39 is 0 Å². The van der Waals surface area contributed by atoms with Crippen molar-refractivity contribution in [1.82, 2.24) is 9.97 Å². The molecule has 5 nitrogen and oxygen atoms in total. The minimum Gasteiger partial charge on any atom is -0.353 e. The van der Waals surface area contributed by atoms with Gasteiger partial charge in [0.1, 0.15) is 18.0 Å². The molecular weight excluding hydrogens is 238 g/mol. The molecule has 2 rings (SSSR count). The van der Waals surface area contributed by atoms with Crippen LogP contribution in [0, 0.1) is 0 Å². The molecule has 0 unspecified atom stereocenters. The highest BCUT2D eigenvalue weighted by molar-refractivity contribution is 5.60. The second kappa shape index (κ2) is 6.19. The lowest BCUT2D eigenvalue weighted by molar-refractivity contribution is 0.692. The van der Waals surface area contributed by atoms with Crippen molar-refractivity contribution in [2.75, 3.05) is 16.9 Å². The van der Waals surface area contributed by atoms with E-state index in [2.05, 4.69) is 41.1 Å². The van der Waals surface area contributed by atoms with Gasteiger partial charge in [-0.2, -0.15) is 0 Å². The Morgan fingerprint density at radius 3 is 2.68 bits per heavy atom. The second-order valence-electron chi connectivity index (χ2n) is 5.54.